The number of nitrogens with one attached hydrogen (secondary N) is 2. The number of carboxylic acid groups (broad SMARTS) is 1. The molecule has 8 heteroatoms. The quantitative estimate of drug-likeness (QED) is 0.456. The second-order valence-electron chi connectivity index (χ2n) is 1.55. The Bertz CT molecular complexity index is 267. The molecule has 0 rings (SSSR count). The van der Waals surface area contributed by atoms with Crippen LogP contribution in [0.3, 0.4) is 0 Å². The Labute approximate surface area is 62.4 Å². The van der Waals surface area contributed by atoms with Gasteiger partial charge >= 0.3 is 15.3 Å². The zero-order valence-electron chi connectivity index (χ0n) is 5.49. The molecule has 0 aromatic carbocycles. The van der Waals surface area contributed by atoms with E-state index in [0.29, 0.717) is 0 Å². The number of amides is 1. The highest BCUT2D eigenvalue weighted by molar-refractivity contribution is 8.03. The monoisotopic (exact) mass is 182 g/mol. The van der Waals surface area contributed by atoms with E-state index in [4.69, 9.17) is 5.11 Å². The van der Waals surface area contributed by atoms with E-state index in [1.165, 1.54) is 4.83 Å². The lowest BCUT2D eigenvalue weighted by molar-refractivity contribution is -0.119. The second-order valence-corrected chi connectivity index (χ2v) is 3.11. The van der Waals surface area contributed by atoms with Gasteiger partial charge in [-0.05, 0) is 0 Å². The number of carbonyl (C=O) groups is 2. The lowest BCUT2D eigenvalue weighted by Gasteiger charge is -2.00. The molecule has 1 amide bonds. The van der Waals surface area contributed by atoms with Crippen LogP contribution in [-0.2, 0) is 14.8 Å². The topological polar surface area (TPSA) is 113 Å². The summed E-state index contributed by atoms with van der Waals surface area (Å²) in [5, 5.41) is 5.90. The lowest BCUT2D eigenvalue weighted by Crippen LogP contribution is -2.43. The Morgan fingerprint density at radius 2 is 1.82 bits per heavy atom. The Kier molecular flexibility index (Phi) is 2.96. The van der Waals surface area contributed by atoms with Crippen LogP contribution >= 0.6 is 0 Å². The molecule has 0 atom stereocenters. The van der Waals surface area contributed by atoms with Crippen molar-refractivity contribution in [2.24, 2.45) is 0 Å². The SMILES string of the molecule is CC(=O)NNS(=O)(=O)C(=O)O. The Hall–Kier alpha value is -1.15. The van der Waals surface area contributed by atoms with Gasteiger partial charge < -0.3 is 5.11 Å². The molecule has 0 aliphatic heterocycles. The molecule has 0 unspecified atom stereocenters. The molecule has 11 heavy (non-hydrogen) atoms. The van der Waals surface area contributed by atoms with Crippen LogP contribution in [-0.4, -0.2) is 24.7 Å². The van der Waals surface area contributed by atoms with Gasteiger partial charge in [0.25, 0.3) is 0 Å². The highest BCUT2D eigenvalue weighted by Crippen LogP contribution is 1.81. The lowest BCUT2D eigenvalue weighted by atomic mass is 10.8. The van der Waals surface area contributed by atoms with Crippen LogP contribution < -0.4 is 10.3 Å². The third-order valence-corrected chi connectivity index (χ3v) is 1.42. The van der Waals surface area contributed by atoms with Crippen molar-refractivity contribution in [3.63, 3.8) is 0 Å². The molecule has 0 saturated heterocycles. The van der Waals surface area contributed by atoms with E-state index < -0.39 is 21.2 Å². The summed E-state index contributed by atoms with van der Waals surface area (Å²) in [6, 6.07) is 0. The maximum absolute atomic E-state index is 10.3. The fourth-order valence-corrected chi connectivity index (χ4v) is 0.548. The summed E-state index contributed by atoms with van der Waals surface area (Å²) in [6.45, 7) is 1.03. The minimum Gasteiger partial charge on any atom is -0.469 e. The predicted molar refractivity (Wildman–Crippen MR) is 33.9 cm³/mol. The summed E-state index contributed by atoms with van der Waals surface area (Å²) in [6.07, 6.45) is 0. The fourth-order valence-electron chi connectivity index (χ4n) is 0.183. The summed E-state index contributed by atoms with van der Waals surface area (Å²) < 4.78 is 20.6. The summed E-state index contributed by atoms with van der Waals surface area (Å²) in [5.41, 5.74) is 1.61. The molecular formula is C3H6N2O5S. The third kappa shape index (κ3) is 3.53. The first-order valence-corrected chi connectivity index (χ1v) is 3.86. The van der Waals surface area contributed by atoms with E-state index >= 15 is 0 Å². The van der Waals surface area contributed by atoms with E-state index in [1.54, 1.807) is 5.43 Å². The van der Waals surface area contributed by atoms with Gasteiger partial charge in [0.15, 0.2) is 0 Å². The Balaban J connectivity index is 4.17. The van der Waals surface area contributed by atoms with Crippen LogP contribution in [0, 0.1) is 0 Å². The van der Waals surface area contributed by atoms with Crippen molar-refractivity contribution >= 4 is 21.2 Å². The minimum atomic E-state index is -4.46. The molecule has 0 aliphatic rings. The summed E-state index contributed by atoms with van der Waals surface area (Å²) >= 11 is 0. The van der Waals surface area contributed by atoms with Crippen LogP contribution in [0.15, 0.2) is 0 Å². The number of hydrazine groups is 1. The highest BCUT2D eigenvalue weighted by Gasteiger charge is 2.19. The van der Waals surface area contributed by atoms with Gasteiger partial charge in [-0.25, -0.2) is 4.79 Å². The van der Waals surface area contributed by atoms with E-state index in [1.807, 2.05) is 0 Å². The average Bonchev–Trinajstić information content (AvgIpc) is 1.84. The zero-order valence-corrected chi connectivity index (χ0v) is 6.30. The minimum absolute atomic E-state index is 0.699. The van der Waals surface area contributed by atoms with Crippen molar-refractivity contribution in [3.8, 4) is 0 Å². The van der Waals surface area contributed by atoms with Crippen LogP contribution in [0.25, 0.3) is 0 Å². The molecule has 7 nitrogen and oxygen atoms in total. The smallest absolute Gasteiger partial charge is 0.438 e. The molecule has 3 N–H and O–H groups in total. The van der Waals surface area contributed by atoms with E-state index in [-0.39, 0.29) is 0 Å². The number of sulfonamides is 1. The summed E-state index contributed by atoms with van der Waals surface area (Å²) in [7, 11) is -4.46. The second kappa shape index (κ2) is 3.30. The van der Waals surface area contributed by atoms with Gasteiger partial charge in [0.05, 0.1) is 0 Å². The van der Waals surface area contributed by atoms with Crippen molar-refractivity contribution in [2.75, 3.05) is 0 Å². The van der Waals surface area contributed by atoms with Gasteiger partial charge in [-0.1, -0.05) is 0 Å². The molecule has 0 spiro atoms. The Morgan fingerprint density at radius 3 is 2.09 bits per heavy atom. The van der Waals surface area contributed by atoms with Gasteiger partial charge in [0, 0.05) is 6.92 Å². The molecule has 0 aromatic heterocycles. The number of rotatable bonds is 2. The van der Waals surface area contributed by atoms with E-state index in [0.717, 1.165) is 6.92 Å². The van der Waals surface area contributed by atoms with Crippen LogP contribution in [0.4, 0.5) is 4.79 Å². The highest BCUT2D eigenvalue weighted by atomic mass is 32.2. The molecule has 0 heterocycles. The zero-order chi connectivity index (χ0) is 9.07. The van der Waals surface area contributed by atoms with Crippen LogP contribution in [0.2, 0.25) is 0 Å². The number of carbonyl (C=O) groups excluding carboxylic acids is 1. The predicted octanol–water partition coefficient (Wildman–Crippen LogP) is -1.37. The molecule has 0 aromatic rings. The fraction of sp³-hybridized carbons (Fsp3) is 0.333. The van der Waals surface area contributed by atoms with Crippen molar-refractivity contribution in [3.05, 3.63) is 0 Å². The van der Waals surface area contributed by atoms with Gasteiger partial charge in [0.1, 0.15) is 0 Å². The number of hydrogen-bond donors (Lipinski definition) is 3. The molecule has 0 bridgehead atoms. The average molecular weight is 182 g/mol. The van der Waals surface area contributed by atoms with Crippen molar-refractivity contribution in [1.82, 2.24) is 10.3 Å². The van der Waals surface area contributed by atoms with Gasteiger partial charge in [-0.15, -0.1) is 4.83 Å². The molecule has 0 aliphatic carbocycles. The van der Waals surface area contributed by atoms with Crippen molar-refractivity contribution in [1.29, 1.82) is 0 Å². The maximum Gasteiger partial charge on any atom is 0.438 e. The van der Waals surface area contributed by atoms with Crippen LogP contribution in [0.1, 0.15) is 6.92 Å². The maximum atomic E-state index is 10.3. The first kappa shape index (κ1) is 9.85. The van der Waals surface area contributed by atoms with Crippen molar-refractivity contribution in [2.45, 2.75) is 6.92 Å². The molecule has 64 valence electrons. The molecular weight excluding hydrogens is 176 g/mol. The summed E-state index contributed by atoms with van der Waals surface area (Å²) in [5.74, 6) is -0.699. The van der Waals surface area contributed by atoms with Gasteiger partial charge in [-0.3, -0.25) is 10.2 Å². The third-order valence-electron chi connectivity index (χ3n) is 0.591. The largest absolute Gasteiger partial charge is 0.469 e. The first-order chi connectivity index (χ1) is 4.86. The normalized spacial score (nSPS) is 10.6. The number of hydrogen-bond acceptors (Lipinski definition) is 4. The van der Waals surface area contributed by atoms with Crippen LogP contribution in [0.5, 0.6) is 0 Å². The summed E-state index contributed by atoms with van der Waals surface area (Å²) in [4.78, 5) is 21.2. The Morgan fingerprint density at radius 1 is 1.36 bits per heavy atom. The van der Waals surface area contributed by atoms with E-state index in [9.17, 15) is 18.0 Å². The van der Waals surface area contributed by atoms with Gasteiger partial charge in [0.2, 0.25) is 5.91 Å². The van der Waals surface area contributed by atoms with Gasteiger partial charge in [-0.2, -0.15) is 8.42 Å². The molecule has 0 fully saturated rings. The molecule has 0 radical (unpaired) electrons. The first-order valence-electron chi connectivity index (χ1n) is 2.37. The molecule has 0 saturated carbocycles. The van der Waals surface area contributed by atoms with Crippen molar-refractivity contribution < 1.29 is 23.1 Å². The van der Waals surface area contributed by atoms with E-state index in [2.05, 4.69) is 0 Å². The standard InChI is InChI=1S/C3H6N2O5S/c1-2(6)4-5-11(9,10)3(7)8/h5H,1H3,(H,4,6)(H,7,8).